The lowest BCUT2D eigenvalue weighted by Gasteiger charge is -2.36. The average Bonchev–Trinajstić information content (AvgIpc) is 3.74. The van der Waals surface area contributed by atoms with Crippen LogP contribution in [0.25, 0.3) is 0 Å². The van der Waals surface area contributed by atoms with E-state index in [4.69, 9.17) is 4.74 Å². The maximum absolute atomic E-state index is 14.8. The second-order valence-corrected chi connectivity index (χ2v) is 10.3. The van der Waals surface area contributed by atoms with Crippen molar-refractivity contribution in [3.05, 3.63) is 64.7 Å². The molecule has 0 bridgehead atoms. The molecule has 36 heavy (non-hydrogen) atoms. The summed E-state index contributed by atoms with van der Waals surface area (Å²) >= 11 is 0. The number of alkyl halides is 3. The third kappa shape index (κ3) is 4.25. The van der Waals surface area contributed by atoms with E-state index in [2.05, 4.69) is 10.3 Å². The Bertz CT molecular complexity index is 1210. The Morgan fingerprint density at radius 3 is 2.53 bits per heavy atom. The van der Waals surface area contributed by atoms with Crippen LogP contribution in [-0.2, 0) is 15.7 Å². The molecule has 10 heteroatoms. The summed E-state index contributed by atoms with van der Waals surface area (Å²) in [6, 6.07) is 2.58. The molecule has 2 saturated carbocycles. The molecule has 4 aliphatic rings. The highest BCUT2D eigenvalue weighted by Gasteiger charge is 2.56. The quantitative estimate of drug-likeness (QED) is 0.600. The number of halogens is 4. The highest BCUT2D eigenvalue weighted by atomic mass is 19.4. The van der Waals surface area contributed by atoms with Gasteiger partial charge in [0, 0.05) is 29.9 Å². The van der Waals surface area contributed by atoms with Crippen molar-refractivity contribution < 1.29 is 31.9 Å². The van der Waals surface area contributed by atoms with Crippen LogP contribution in [0.2, 0.25) is 0 Å². The monoisotopic (exact) mass is 503 g/mol. The number of carbonyl (C=O) groups is 2. The molecule has 1 aromatic heterocycles. The fraction of sp³-hybridized carbons (Fsp3) is 0.500. The summed E-state index contributed by atoms with van der Waals surface area (Å²) in [5.41, 5.74) is 0.360. The lowest BCUT2D eigenvalue weighted by molar-refractivity contribution is -0.138. The van der Waals surface area contributed by atoms with Crippen LogP contribution in [0.4, 0.5) is 17.6 Å². The van der Waals surface area contributed by atoms with Crippen molar-refractivity contribution in [2.75, 3.05) is 13.2 Å². The van der Waals surface area contributed by atoms with Gasteiger partial charge in [0.2, 0.25) is 5.91 Å². The summed E-state index contributed by atoms with van der Waals surface area (Å²) in [6.45, 7) is 0.507. The van der Waals surface area contributed by atoms with Crippen molar-refractivity contribution in [3.63, 3.8) is 0 Å². The summed E-state index contributed by atoms with van der Waals surface area (Å²) in [4.78, 5) is 32.7. The summed E-state index contributed by atoms with van der Waals surface area (Å²) < 4.78 is 59.1. The van der Waals surface area contributed by atoms with Gasteiger partial charge in [-0.1, -0.05) is 6.07 Å². The number of carbonyl (C=O) groups excluding carboxylic acids is 2. The van der Waals surface area contributed by atoms with Gasteiger partial charge in [-0.15, -0.1) is 0 Å². The fourth-order valence-electron chi connectivity index (χ4n) is 5.45. The molecule has 6 rings (SSSR count). The molecule has 0 spiro atoms. The Morgan fingerprint density at radius 1 is 1.11 bits per heavy atom. The van der Waals surface area contributed by atoms with Crippen LogP contribution >= 0.6 is 0 Å². The number of amides is 2. The van der Waals surface area contributed by atoms with Crippen molar-refractivity contribution in [2.45, 2.75) is 55.9 Å². The Labute approximate surface area is 205 Å². The van der Waals surface area contributed by atoms with Crippen LogP contribution < -0.4 is 5.32 Å². The van der Waals surface area contributed by atoms with Gasteiger partial charge in [0.15, 0.2) is 0 Å². The second kappa shape index (κ2) is 8.54. The summed E-state index contributed by atoms with van der Waals surface area (Å²) in [6.07, 6.45) is 2.10. The lowest BCUT2D eigenvalue weighted by atomic mass is 9.90. The van der Waals surface area contributed by atoms with Crippen LogP contribution in [0.3, 0.4) is 0 Å². The van der Waals surface area contributed by atoms with Gasteiger partial charge >= 0.3 is 6.18 Å². The molecule has 0 radical (unpaired) electrons. The van der Waals surface area contributed by atoms with Crippen molar-refractivity contribution >= 4 is 11.8 Å². The van der Waals surface area contributed by atoms with Gasteiger partial charge in [-0.3, -0.25) is 14.6 Å². The normalized spacial score (nSPS) is 26.2. The topological polar surface area (TPSA) is 71.5 Å². The van der Waals surface area contributed by atoms with E-state index in [0.29, 0.717) is 24.0 Å². The number of pyridine rings is 1. The number of benzene rings is 1. The van der Waals surface area contributed by atoms with Crippen molar-refractivity contribution in [1.82, 2.24) is 15.2 Å². The molecule has 2 aromatic rings. The highest BCUT2D eigenvalue weighted by molar-refractivity contribution is 5.98. The number of fused-ring (bicyclic) bond motifs is 1. The minimum atomic E-state index is -4.67. The minimum absolute atomic E-state index is 0.0213. The number of rotatable bonds is 6. The number of ether oxygens (including phenoxy) is 1. The molecule has 1 N–H and O–H groups in total. The molecule has 2 amide bonds. The molecule has 4 fully saturated rings. The van der Waals surface area contributed by atoms with Crippen LogP contribution in [-0.4, -0.2) is 47.0 Å². The van der Waals surface area contributed by atoms with Gasteiger partial charge in [0.25, 0.3) is 5.91 Å². The van der Waals surface area contributed by atoms with Crippen molar-refractivity contribution in [3.8, 4) is 0 Å². The van der Waals surface area contributed by atoms with E-state index in [1.54, 1.807) is 11.1 Å². The Morgan fingerprint density at radius 2 is 1.89 bits per heavy atom. The first-order valence-corrected chi connectivity index (χ1v) is 12.2. The van der Waals surface area contributed by atoms with E-state index in [1.165, 1.54) is 6.20 Å². The van der Waals surface area contributed by atoms with E-state index in [0.717, 1.165) is 37.0 Å². The summed E-state index contributed by atoms with van der Waals surface area (Å²) in [5, 5.41) is 2.84. The standard InChI is InChI=1S/C26H25F4N3O3/c27-20-8-18(26(28,29)30)3-4-19(20)23(17-11-36-12-17)32-24(34)22-7-14-6-21(14)33(22)25(35)16-5-15(9-31-10-16)13-1-2-13/h3-5,8-10,13-14,17,21-23H,1-2,6-7,11-12H2,(H,32,34)/t14-,21-,22-,23-/m1/s1. The van der Waals surface area contributed by atoms with E-state index >= 15 is 0 Å². The molecule has 2 saturated heterocycles. The number of aromatic nitrogens is 1. The summed E-state index contributed by atoms with van der Waals surface area (Å²) in [7, 11) is 0. The minimum Gasteiger partial charge on any atom is -0.381 e. The molecule has 190 valence electrons. The zero-order valence-corrected chi connectivity index (χ0v) is 19.3. The number of nitrogens with one attached hydrogen (secondary N) is 1. The number of piperidine rings is 1. The maximum atomic E-state index is 14.8. The fourth-order valence-corrected chi connectivity index (χ4v) is 5.45. The van der Waals surface area contributed by atoms with Crippen LogP contribution in [0.1, 0.15) is 64.7 Å². The first-order chi connectivity index (χ1) is 17.2. The molecule has 1 aromatic carbocycles. The third-order valence-electron chi connectivity index (χ3n) is 7.79. The first-order valence-electron chi connectivity index (χ1n) is 12.2. The molecule has 3 heterocycles. The predicted octanol–water partition coefficient (Wildman–Crippen LogP) is 4.22. The second-order valence-electron chi connectivity index (χ2n) is 10.3. The number of hydrogen-bond acceptors (Lipinski definition) is 4. The Hall–Kier alpha value is -3.01. The maximum Gasteiger partial charge on any atom is 0.416 e. The lowest BCUT2D eigenvalue weighted by Crippen LogP contribution is -2.51. The third-order valence-corrected chi connectivity index (χ3v) is 7.79. The van der Waals surface area contributed by atoms with E-state index in [9.17, 15) is 27.2 Å². The van der Waals surface area contributed by atoms with E-state index in [-0.39, 0.29) is 42.6 Å². The number of hydrogen-bond donors (Lipinski definition) is 1. The molecule has 2 aliphatic carbocycles. The van der Waals surface area contributed by atoms with Gasteiger partial charge in [-0.25, -0.2) is 4.39 Å². The van der Waals surface area contributed by atoms with E-state index < -0.39 is 35.5 Å². The molecule has 0 unspecified atom stereocenters. The van der Waals surface area contributed by atoms with Crippen molar-refractivity contribution in [1.29, 1.82) is 0 Å². The smallest absolute Gasteiger partial charge is 0.381 e. The number of likely N-dealkylation sites (tertiary alicyclic amines) is 1. The Balaban J connectivity index is 1.23. The highest BCUT2D eigenvalue weighted by Crippen LogP contribution is 2.49. The molecule has 6 nitrogen and oxygen atoms in total. The molecule has 4 atom stereocenters. The van der Waals surface area contributed by atoms with Gasteiger partial charge in [-0.05, 0) is 61.3 Å². The van der Waals surface area contributed by atoms with Gasteiger partial charge in [-0.2, -0.15) is 13.2 Å². The first kappa shape index (κ1) is 23.4. The summed E-state index contributed by atoms with van der Waals surface area (Å²) in [5.74, 6) is -1.33. The molecular formula is C26H25F4N3O3. The van der Waals surface area contributed by atoms with Crippen LogP contribution in [0, 0.1) is 17.7 Å². The average molecular weight is 503 g/mol. The van der Waals surface area contributed by atoms with Gasteiger partial charge in [0.05, 0.1) is 30.4 Å². The SMILES string of the molecule is O=C(N[C@@H](c1ccc(C(F)(F)F)cc1F)C1COC1)[C@H]1C[C@H]2C[C@H]2N1C(=O)c1cncc(C2CC2)c1. The molecule has 2 aliphatic heterocycles. The Kier molecular flexibility index (Phi) is 5.55. The predicted molar refractivity (Wildman–Crippen MR) is 119 cm³/mol. The number of nitrogens with zero attached hydrogens (tertiary/aromatic N) is 2. The van der Waals surface area contributed by atoms with Crippen LogP contribution in [0.5, 0.6) is 0 Å². The largest absolute Gasteiger partial charge is 0.416 e. The van der Waals surface area contributed by atoms with Gasteiger partial charge < -0.3 is 15.0 Å². The zero-order valence-electron chi connectivity index (χ0n) is 19.3. The van der Waals surface area contributed by atoms with Gasteiger partial charge in [0.1, 0.15) is 11.9 Å². The molecular weight excluding hydrogens is 478 g/mol. The van der Waals surface area contributed by atoms with E-state index in [1.807, 2.05) is 6.07 Å². The zero-order chi connectivity index (χ0) is 25.2. The van der Waals surface area contributed by atoms with Crippen molar-refractivity contribution in [2.24, 2.45) is 11.8 Å². The van der Waals surface area contributed by atoms with Crippen LogP contribution in [0.15, 0.2) is 36.7 Å².